The molecule has 1 aliphatic carbocycles. The molecule has 0 N–H and O–H groups in total. The highest BCUT2D eigenvalue weighted by atomic mass is 14.3. The lowest BCUT2D eigenvalue weighted by Crippen LogP contribution is -2.23. The van der Waals surface area contributed by atoms with Gasteiger partial charge in [0.15, 0.2) is 0 Å². The van der Waals surface area contributed by atoms with Gasteiger partial charge in [0.05, 0.1) is 0 Å². The zero-order chi connectivity index (χ0) is 11.0. The van der Waals surface area contributed by atoms with Crippen molar-refractivity contribution in [3.63, 3.8) is 0 Å². The molecule has 0 saturated heterocycles. The molecule has 0 heteroatoms. The third-order valence-electron chi connectivity index (χ3n) is 2.37. The van der Waals surface area contributed by atoms with E-state index in [1.807, 2.05) is 6.08 Å². The molecule has 77 valence electrons. The van der Waals surface area contributed by atoms with Gasteiger partial charge in [-0.1, -0.05) is 65.3 Å². The maximum Gasteiger partial charge on any atom is -0.0105 e. The summed E-state index contributed by atoms with van der Waals surface area (Å²) in [5, 5.41) is 0. The first kappa shape index (κ1) is 11.3. The summed E-state index contributed by atoms with van der Waals surface area (Å²) in [6.45, 7) is 13.6. The van der Waals surface area contributed by atoms with E-state index in [0.717, 1.165) is 0 Å². The standard InChI is InChI=1S/C14H21/c1-13(2,3)12(14(4,5)6)11-9-7-8-10-11/h7-9H,1-6H3. The third-order valence-corrected chi connectivity index (χ3v) is 2.37. The summed E-state index contributed by atoms with van der Waals surface area (Å²) in [5.74, 6) is 0. The van der Waals surface area contributed by atoms with Crippen LogP contribution in [0.25, 0.3) is 0 Å². The van der Waals surface area contributed by atoms with Gasteiger partial charge in [-0.2, -0.15) is 0 Å². The molecule has 0 aliphatic heterocycles. The average molecular weight is 189 g/mol. The molecule has 0 bridgehead atoms. The van der Waals surface area contributed by atoms with Crippen LogP contribution in [0, 0.1) is 16.9 Å². The van der Waals surface area contributed by atoms with Crippen LogP contribution in [0.2, 0.25) is 0 Å². The normalized spacial score (nSPS) is 16.6. The van der Waals surface area contributed by atoms with E-state index in [1.165, 1.54) is 11.1 Å². The van der Waals surface area contributed by atoms with Crippen molar-refractivity contribution in [3.8, 4) is 0 Å². The topological polar surface area (TPSA) is 0 Å². The fraction of sp³-hybridized carbons (Fsp3) is 0.571. The molecule has 0 fully saturated rings. The molecule has 0 heterocycles. The quantitative estimate of drug-likeness (QED) is 0.533. The fourth-order valence-electron chi connectivity index (χ4n) is 2.42. The smallest absolute Gasteiger partial charge is 0.0105 e. The van der Waals surface area contributed by atoms with Crippen molar-refractivity contribution in [3.05, 3.63) is 35.5 Å². The van der Waals surface area contributed by atoms with Gasteiger partial charge < -0.3 is 0 Å². The summed E-state index contributed by atoms with van der Waals surface area (Å²) in [4.78, 5) is 0. The molecule has 0 saturated carbocycles. The van der Waals surface area contributed by atoms with Crippen LogP contribution in [0.3, 0.4) is 0 Å². The van der Waals surface area contributed by atoms with Crippen LogP contribution in [0.5, 0.6) is 0 Å². The Morgan fingerprint density at radius 2 is 1.50 bits per heavy atom. The van der Waals surface area contributed by atoms with Gasteiger partial charge in [0.1, 0.15) is 0 Å². The van der Waals surface area contributed by atoms with Crippen LogP contribution < -0.4 is 0 Å². The predicted molar refractivity (Wildman–Crippen MR) is 62.9 cm³/mol. The van der Waals surface area contributed by atoms with Gasteiger partial charge in [0.25, 0.3) is 0 Å². The molecule has 0 atom stereocenters. The van der Waals surface area contributed by atoms with E-state index in [0.29, 0.717) is 0 Å². The first-order valence-corrected chi connectivity index (χ1v) is 5.24. The van der Waals surface area contributed by atoms with Crippen molar-refractivity contribution >= 4 is 0 Å². The van der Waals surface area contributed by atoms with Crippen molar-refractivity contribution in [1.29, 1.82) is 0 Å². The zero-order valence-electron chi connectivity index (χ0n) is 10.2. The second-order valence-corrected chi connectivity index (χ2v) is 5.96. The lowest BCUT2D eigenvalue weighted by Gasteiger charge is -2.35. The molecule has 1 aliphatic rings. The molecule has 1 rings (SSSR count). The minimum absolute atomic E-state index is 0.211. The molecular formula is C14H21. The van der Waals surface area contributed by atoms with Gasteiger partial charge in [0.2, 0.25) is 0 Å². The van der Waals surface area contributed by atoms with Gasteiger partial charge in [-0.05, 0) is 22.5 Å². The number of rotatable bonds is 0. The van der Waals surface area contributed by atoms with Gasteiger partial charge >= 0.3 is 0 Å². The Bertz CT molecular complexity index is 268. The van der Waals surface area contributed by atoms with Crippen LogP contribution in [0.1, 0.15) is 41.5 Å². The minimum Gasteiger partial charge on any atom is -0.0610 e. The van der Waals surface area contributed by atoms with E-state index in [2.05, 4.69) is 59.8 Å². The maximum atomic E-state index is 3.31. The van der Waals surface area contributed by atoms with E-state index < -0.39 is 0 Å². The van der Waals surface area contributed by atoms with Crippen LogP contribution >= 0.6 is 0 Å². The van der Waals surface area contributed by atoms with Crippen LogP contribution in [0.4, 0.5) is 0 Å². The first-order valence-electron chi connectivity index (χ1n) is 5.24. The maximum absolute atomic E-state index is 3.31. The summed E-state index contributed by atoms with van der Waals surface area (Å²) in [5.41, 5.74) is 3.17. The van der Waals surface area contributed by atoms with Gasteiger partial charge in [0, 0.05) is 0 Å². The number of hydrogen-bond donors (Lipinski definition) is 0. The Morgan fingerprint density at radius 1 is 1.00 bits per heavy atom. The molecule has 0 amide bonds. The molecular weight excluding hydrogens is 168 g/mol. The van der Waals surface area contributed by atoms with Crippen molar-refractivity contribution in [2.75, 3.05) is 0 Å². The van der Waals surface area contributed by atoms with Crippen molar-refractivity contribution < 1.29 is 0 Å². The second-order valence-electron chi connectivity index (χ2n) is 5.96. The van der Waals surface area contributed by atoms with E-state index in [-0.39, 0.29) is 10.8 Å². The zero-order valence-corrected chi connectivity index (χ0v) is 10.2. The van der Waals surface area contributed by atoms with Crippen molar-refractivity contribution in [1.82, 2.24) is 0 Å². The van der Waals surface area contributed by atoms with Gasteiger partial charge in [-0.15, -0.1) is 0 Å². The fourth-order valence-corrected chi connectivity index (χ4v) is 2.42. The highest BCUT2D eigenvalue weighted by Gasteiger charge is 2.30. The Balaban J connectivity index is 3.27. The molecule has 0 aromatic carbocycles. The Labute approximate surface area is 88.4 Å². The monoisotopic (exact) mass is 189 g/mol. The summed E-state index contributed by atoms with van der Waals surface area (Å²) < 4.78 is 0. The highest BCUT2D eigenvalue weighted by molar-refractivity contribution is 5.43. The molecule has 1 radical (unpaired) electrons. The van der Waals surface area contributed by atoms with E-state index >= 15 is 0 Å². The van der Waals surface area contributed by atoms with Crippen molar-refractivity contribution in [2.45, 2.75) is 41.5 Å². The Kier molecular flexibility index (Phi) is 2.76. The van der Waals surface area contributed by atoms with Crippen LogP contribution in [-0.2, 0) is 0 Å². The largest absolute Gasteiger partial charge is 0.0610 e. The number of hydrogen-bond acceptors (Lipinski definition) is 0. The van der Waals surface area contributed by atoms with E-state index in [9.17, 15) is 0 Å². The van der Waals surface area contributed by atoms with Gasteiger partial charge in [-0.25, -0.2) is 0 Å². The lowest BCUT2D eigenvalue weighted by atomic mass is 9.70. The summed E-state index contributed by atoms with van der Waals surface area (Å²) in [7, 11) is 0. The Morgan fingerprint density at radius 3 is 1.79 bits per heavy atom. The van der Waals surface area contributed by atoms with Crippen molar-refractivity contribution in [2.24, 2.45) is 10.8 Å². The molecule has 0 unspecified atom stereocenters. The van der Waals surface area contributed by atoms with E-state index in [4.69, 9.17) is 0 Å². The molecule has 14 heavy (non-hydrogen) atoms. The lowest BCUT2D eigenvalue weighted by molar-refractivity contribution is 0.359. The second kappa shape index (κ2) is 3.42. The predicted octanol–water partition coefficient (Wildman–Crippen LogP) is 4.30. The third kappa shape index (κ3) is 2.37. The van der Waals surface area contributed by atoms with Crippen LogP contribution in [-0.4, -0.2) is 0 Å². The summed E-state index contributed by atoms with van der Waals surface area (Å²) in [6, 6.07) is 0. The van der Waals surface area contributed by atoms with E-state index in [1.54, 1.807) is 0 Å². The SMILES string of the molecule is CC(C)(C)C(=C1[C]=CC=C1)C(C)(C)C. The molecule has 0 aromatic heterocycles. The van der Waals surface area contributed by atoms with Gasteiger partial charge in [-0.3, -0.25) is 0 Å². The Hall–Kier alpha value is -0.780. The summed E-state index contributed by atoms with van der Waals surface area (Å²) in [6.07, 6.45) is 9.53. The molecule has 0 aromatic rings. The van der Waals surface area contributed by atoms with Crippen LogP contribution in [0.15, 0.2) is 29.4 Å². The minimum atomic E-state index is 0.211. The average Bonchev–Trinajstić information content (AvgIpc) is 2.31. The summed E-state index contributed by atoms with van der Waals surface area (Å²) >= 11 is 0. The first-order chi connectivity index (χ1) is 6.23. The molecule has 0 spiro atoms. The molecule has 0 nitrogen and oxygen atoms in total. The highest BCUT2D eigenvalue weighted by Crippen LogP contribution is 2.42. The number of allylic oxidation sites excluding steroid dienone is 6.